The molecule has 4 aromatic rings. The van der Waals surface area contributed by atoms with Gasteiger partial charge in [0.2, 0.25) is 5.88 Å². The van der Waals surface area contributed by atoms with Crippen LogP contribution in [0, 0.1) is 5.82 Å². The molecular weight excluding hydrogens is 498 g/mol. The fourth-order valence-electron chi connectivity index (χ4n) is 3.45. The third-order valence-corrected chi connectivity index (χ3v) is 5.34. The van der Waals surface area contributed by atoms with Gasteiger partial charge in [0.15, 0.2) is 0 Å². The molecule has 0 saturated carbocycles. The van der Waals surface area contributed by atoms with Crippen molar-refractivity contribution in [2.45, 2.75) is 18.8 Å². The minimum atomic E-state index is -4.90. The number of benzene rings is 2. The maximum Gasteiger partial charge on any atom is 0.419 e. The lowest BCUT2D eigenvalue weighted by Crippen LogP contribution is -2.35. The van der Waals surface area contributed by atoms with Crippen LogP contribution in [-0.4, -0.2) is 50.0 Å². The number of aromatic nitrogens is 3. The number of nitrogens with zero attached hydrogens (tertiary/aromatic N) is 3. The summed E-state index contributed by atoms with van der Waals surface area (Å²) in [6.07, 6.45) is -2.16. The second kappa shape index (κ2) is 10.9. The van der Waals surface area contributed by atoms with Gasteiger partial charge in [-0.3, -0.25) is 4.57 Å². The Bertz CT molecular complexity index is 1410. The quantitative estimate of drug-likeness (QED) is 0.261. The molecule has 0 aliphatic rings. The van der Waals surface area contributed by atoms with Crippen LogP contribution in [0.5, 0.6) is 11.6 Å². The SMILES string of the molecule is O=C(Nc1ccc(F)c(C(F)(F)F)c1)n1ccc2cc(Oc3cc(CNC(CO)CO)ncn3)ccc21. The molecule has 194 valence electrons. The molecular formula is C24H21F4N5O4. The first-order chi connectivity index (χ1) is 17.7. The number of aliphatic hydroxyl groups is 2. The maximum atomic E-state index is 13.5. The van der Waals surface area contributed by atoms with Crippen LogP contribution in [0.3, 0.4) is 0 Å². The monoisotopic (exact) mass is 519 g/mol. The summed E-state index contributed by atoms with van der Waals surface area (Å²) in [4.78, 5) is 20.9. The van der Waals surface area contributed by atoms with Crippen molar-refractivity contribution in [2.75, 3.05) is 18.5 Å². The van der Waals surface area contributed by atoms with E-state index in [1.54, 1.807) is 30.3 Å². The van der Waals surface area contributed by atoms with E-state index in [0.717, 1.165) is 6.07 Å². The summed E-state index contributed by atoms with van der Waals surface area (Å²) < 4.78 is 59.4. The number of aliphatic hydroxyl groups excluding tert-OH is 2. The second-order valence-electron chi connectivity index (χ2n) is 7.92. The molecule has 0 unspecified atom stereocenters. The Balaban J connectivity index is 1.47. The molecule has 0 aliphatic heterocycles. The molecule has 0 fully saturated rings. The fourth-order valence-corrected chi connectivity index (χ4v) is 3.45. The number of fused-ring (bicyclic) bond motifs is 1. The number of halogens is 4. The minimum Gasteiger partial charge on any atom is -0.439 e. The summed E-state index contributed by atoms with van der Waals surface area (Å²) >= 11 is 0. The smallest absolute Gasteiger partial charge is 0.419 e. The molecule has 2 aromatic heterocycles. The highest BCUT2D eigenvalue weighted by Gasteiger charge is 2.34. The van der Waals surface area contributed by atoms with E-state index >= 15 is 0 Å². The molecule has 4 rings (SSSR count). The summed E-state index contributed by atoms with van der Waals surface area (Å²) in [5.74, 6) is -0.791. The van der Waals surface area contributed by atoms with Crippen molar-refractivity contribution in [1.29, 1.82) is 0 Å². The molecule has 2 aromatic carbocycles. The van der Waals surface area contributed by atoms with Gasteiger partial charge >= 0.3 is 12.2 Å². The van der Waals surface area contributed by atoms with Crippen molar-refractivity contribution >= 4 is 22.6 Å². The maximum absolute atomic E-state index is 13.5. The van der Waals surface area contributed by atoms with E-state index in [-0.39, 0.29) is 31.3 Å². The van der Waals surface area contributed by atoms with E-state index in [1.807, 2.05) is 0 Å². The Kier molecular flexibility index (Phi) is 7.66. The van der Waals surface area contributed by atoms with Gasteiger partial charge in [0, 0.05) is 29.9 Å². The van der Waals surface area contributed by atoms with E-state index in [1.165, 1.54) is 17.1 Å². The molecule has 0 atom stereocenters. The summed E-state index contributed by atoms with van der Waals surface area (Å²) in [6, 6.07) is 9.01. The van der Waals surface area contributed by atoms with Gasteiger partial charge in [-0.25, -0.2) is 19.2 Å². The van der Waals surface area contributed by atoms with Crippen molar-refractivity contribution in [3.05, 3.63) is 78.1 Å². The Labute approximate surface area is 207 Å². The van der Waals surface area contributed by atoms with E-state index in [9.17, 15) is 22.4 Å². The molecule has 2 heterocycles. The number of carbonyl (C=O) groups is 1. The van der Waals surface area contributed by atoms with Crippen molar-refractivity contribution in [3.8, 4) is 11.6 Å². The fraction of sp³-hybridized carbons (Fsp3) is 0.208. The zero-order valence-corrected chi connectivity index (χ0v) is 19.0. The first-order valence-electron chi connectivity index (χ1n) is 10.9. The standard InChI is InChI=1S/C24H21F4N5O4/c25-20-3-1-15(8-19(20)24(26,27)28)32-23(36)33-6-5-14-7-18(2-4-21(14)33)37-22-9-16(30-13-31-22)10-29-17(11-34)12-35/h1-9,13,17,29,34-35H,10-12H2,(H,32,36). The lowest BCUT2D eigenvalue weighted by Gasteiger charge is -2.13. The van der Waals surface area contributed by atoms with E-state index in [2.05, 4.69) is 20.6 Å². The van der Waals surface area contributed by atoms with Crippen LogP contribution in [0.25, 0.3) is 10.9 Å². The summed E-state index contributed by atoms with van der Waals surface area (Å²) in [5.41, 5.74) is -0.668. The van der Waals surface area contributed by atoms with Gasteiger partial charge in [0.1, 0.15) is 17.9 Å². The van der Waals surface area contributed by atoms with Gasteiger partial charge in [-0.05, 0) is 42.5 Å². The number of nitrogens with one attached hydrogen (secondary N) is 2. The lowest BCUT2D eigenvalue weighted by atomic mass is 10.2. The number of anilines is 1. The molecule has 0 bridgehead atoms. The van der Waals surface area contributed by atoms with Crippen LogP contribution in [0.1, 0.15) is 11.3 Å². The summed E-state index contributed by atoms with van der Waals surface area (Å²) in [6.45, 7) is -0.206. The number of ether oxygens (including phenoxy) is 1. The largest absolute Gasteiger partial charge is 0.439 e. The highest BCUT2D eigenvalue weighted by molar-refractivity contribution is 5.98. The van der Waals surface area contributed by atoms with Crippen LogP contribution < -0.4 is 15.4 Å². The number of hydrogen-bond donors (Lipinski definition) is 4. The first-order valence-corrected chi connectivity index (χ1v) is 10.9. The van der Waals surface area contributed by atoms with Crippen LogP contribution in [0.15, 0.2) is 61.1 Å². The highest BCUT2D eigenvalue weighted by atomic mass is 19.4. The van der Waals surface area contributed by atoms with Gasteiger partial charge < -0.3 is 25.6 Å². The molecule has 0 aliphatic carbocycles. The summed E-state index contributed by atoms with van der Waals surface area (Å²) in [5, 5.41) is 24.2. The average molecular weight is 519 g/mol. The predicted molar refractivity (Wildman–Crippen MR) is 125 cm³/mol. The summed E-state index contributed by atoms with van der Waals surface area (Å²) in [7, 11) is 0. The molecule has 0 spiro atoms. The zero-order chi connectivity index (χ0) is 26.6. The molecule has 0 saturated heterocycles. The minimum absolute atomic E-state index is 0.209. The van der Waals surface area contributed by atoms with E-state index in [4.69, 9.17) is 14.9 Å². The molecule has 4 N–H and O–H groups in total. The number of amides is 1. The second-order valence-corrected chi connectivity index (χ2v) is 7.92. The van der Waals surface area contributed by atoms with Crippen molar-refractivity contribution in [2.24, 2.45) is 0 Å². The van der Waals surface area contributed by atoms with Crippen molar-refractivity contribution < 1.29 is 37.3 Å². The van der Waals surface area contributed by atoms with E-state index < -0.39 is 29.6 Å². The Morgan fingerprint density at radius 1 is 1.05 bits per heavy atom. The van der Waals surface area contributed by atoms with E-state index in [0.29, 0.717) is 34.5 Å². The number of rotatable bonds is 8. The van der Waals surface area contributed by atoms with Gasteiger partial charge in [0.25, 0.3) is 0 Å². The van der Waals surface area contributed by atoms with Crippen LogP contribution in [0.2, 0.25) is 0 Å². The van der Waals surface area contributed by atoms with Crippen molar-refractivity contribution in [1.82, 2.24) is 19.9 Å². The highest BCUT2D eigenvalue weighted by Crippen LogP contribution is 2.33. The number of hydrogen-bond acceptors (Lipinski definition) is 7. The average Bonchev–Trinajstić information content (AvgIpc) is 3.29. The predicted octanol–water partition coefficient (Wildman–Crippen LogP) is 3.90. The topological polar surface area (TPSA) is 122 Å². The Morgan fingerprint density at radius 2 is 1.84 bits per heavy atom. The van der Waals surface area contributed by atoms with Crippen LogP contribution in [0.4, 0.5) is 28.0 Å². The molecule has 13 heteroatoms. The normalized spacial score (nSPS) is 11.8. The van der Waals surface area contributed by atoms with Crippen LogP contribution >= 0.6 is 0 Å². The Morgan fingerprint density at radius 3 is 2.57 bits per heavy atom. The number of alkyl halides is 3. The third-order valence-electron chi connectivity index (χ3n) is 5.34. The molecule has 37 heavy (non-hydrogen) atoms. The van der Waals surface area contributed by atoms with Gasteiger partial charge in [-0.2, -0.15) is 13.2 Å². The molecule has 1 amide bonds. The zero-order valence-electron chi connectivity index (χ0n) is 19.0. The van der Waals surface area contributed by atoms with Crippen LogP contribution in [-0.2, 0) is 12.7 Å². The van der Waals surface area contributed by atoms with Gasteiger partial charge in [-0.15, -0.1) is 0 Å². The van der Waals surface area contributed by atoms with Crippen molar-refractivity contribution in [3.63, 3.8) is 0 Å². The molecule has 9 nitrogen and oxygen atoms in total. The lowest BCUT2D eigenvalue weighted by molar-refractivity contribution is -0.139. The first kappa shape index (κ1) is 26.0. The Hall–Kier alpha value is -4.07. The van der Waals surface area contributed by atoms with Gasteiger partial charge in [0.05, 0.1) is 36.0 Å². The molecule has 0 radical (unpaired) electrons. The van der Waals surface area contributed by atoms with Gasteiger partial charge in [-0.1, -0.05) is 0 Å². The number of carbonyl (C=O) groups excluding carboxylic acids is 1. The third kappa shape index (κ3) is 6.20.